The Balaban J connectivity index is 1.71. The van der Waals surface area contributed by atoms with Crippen LogP contribution < -0.4 is 16.4 Å². The molecule has 1 heterocycles. The maximum atomic E-state index is 12.5. The van der Waals surface area contributed by atoms with Gasteiger partial charge in [-0.05, 0) is 38.0 Å². The van der Waals surface area contributed by atoms with Crippen molar-refractivity contribution in [2.75, 3.05) is 19.6 Å². The number of hydrogen-bond donors (Lipinski definition) is 3. The number of rotatable bonds is 8. The van der Waals surface area contributed by atoms with Crippen LogP contribution in [0, 0.1) is 5.92 Å². The predicted octanol–water partition coefficient (Wildman–Crippen LogP) is 2.37. The first-order valence-electron chi connectivity index (χ1n) is 10.2. The van der Waals surface area contributed by atoms with Gasteiger partial charge >= 0.3 is 6.03 Å². The highest BCUT2D eigenvalue weighted by Gasteiger charge is 2.26. The summed E-state index contributed by atoms with van der Waals surface area (Å²) in [5.74, 6) is 0.788. The summed E-state index contributed by atoms with van der Waals surface area (Å²) in [7, 11) is 0. The Morgan fingerprint density at radius 2 is 1.80 bits per heavy atom. The third-order valence-electron chi connectivity index (χ3n) is 5.65. The second-order valence-electron chi connectivity index (χ2n) is 7.79. The third-order valence-corrected chi connectivity index (χ3v) is 5.65. The van der Waals surface area contributed by atoms with E-state index >= 15 is 0 Å². The second kappa shape index (κ2) is 10.6. The smallest absolute Gasteiger partial charge is 0.312 e. The molecule has 1 aliphatic carbocycles. The second-order valence-corrected chi connectivity index (χ2v) is 7.79. The van der Waals surface area contributed by atoms with Crippen LogP contribution in [0.5, 0.6) is 0 Å². The van der Waals surface area contributed by atoms with E-state index in [2.05, 4.69) is 22.5 Å². The van der Waals surface area contributed by atoms with Crippen molar-refractivity contribution < 1.29 is 9.59 Å². The number of carbonyl (C=O) groups excluding carboxylic acids is 2. The monoisotopic (exact) mass is 352 g/mol. The van der Waals surface area contributed by atoms with Gasteiger partial charge in [-0.1, -0.05) is 39.0 Å². The van der Waals surface area contributed by atoms with Gasteiger partial charge in [0.15, 0.2) is 0 Å². The number of likely N-dealkylation sites (tertiary alicyclic amines) is 1. The molecule has 0 aromatic heterocycles. The lowest BCUT2D eigenvalue weighted by molar-refractivity contribution is -0.124. The van der Waals surface area contributed by atoms with E-state index in [1.54, 1.807) is 0 Å². The molecule has 2 fully saturated rings. The Kier molecular flexibility index (Phi) is 8.52. The highest BCUT2D eigenvalue weighted by atomic mass is 16.2. The van der Waals surface area contributed by atoms with Gasteiger partial charge in [0.05, 0.1) is 0 Å². The molecule has 4 N–H and O–H groups in total. The Labute approximate surface area is 152 Å². The molecule has 2 rings (SSSR count). The Morgan fingerprint density at radius 1 is 1.12 bits per heavy atom. The van der Waals surface area contributed by atoms with Crippen LogP contribution in [0.25, 0.3) is 0 Å². The van der Waals surface area contributed by atoms with E-state index in [4.69, 9.17) is 5.73 Å². The molecule has 1 atom stereocenters. The molecule has 144 valence electrons. The maximum absolute atomic E-state index is 12.5. The molecule has 0 spiro atoms. The SMILES string of the molecule is CCCCC(NC(N)=O)C(=O)NC1CCN(CC2CCCCC2)CC1. The fourth-order valence-electron chi connectivity index (χ4n) is 4.15. The van der Waals surface area contributed by atoms with E-state index in [9.17, 15) is 9.59 Å². The molecule has 25 heavy (non-hydrogen) atoms. The Bertz CT molecular complexity index is 416. The summed E-state index contributed by atoms with van der Waals surface area (Å²) in [6.07, 6.45) is 11.5. The van der Waals surface area contributed by atoms with Gasteiger partial charge in [0, 0.05) is 25.7 Å². The number of hydrogen-bond acceptors (Lipinski definition) is 3. The van der Waals surface area contributed by atoms with Gasteiger partial charge in [-0.3, -0.25) is 4.79 Å². The summed E-state index contributed by atoms with van der Waals surface area (Å²) < 4.78 is 0. The van der Waals surface area contributed by atoms with Crippen LogP contribution in [-0.4, -0.2) is 48.6 Å². The van der Waals surface area contributed by atoms with Crippen molar-refractivity contribution in [2.45, 2.75) is 83.2 Å². The molecule has 1 aliphatic heterocycles. The molecular weight excluding hydrogens is 316 g/mol. The van der Waals surface area contributed by atoms with Crippen LogP contribution in [0.15, 0.2) is 0 Å². The van der Waals surface area contributed by atoms with E-state index in [0.717, 1.165) is 44.7 Å². The minimum atomic E-state index is -0.626. The number of primary amides is 1. The Hall–Kier alpha value is -1.30. The molecule has 6 heteroatoms. The van der Waals surface area contributed by atoms with Gasteiger partial charge in [-0.15, -0.1) is 0 Å². The fraction of sp³-hybridized carbons (Fsp3) is 0.895. The summed E-state index contributed by atoms with van der Waals surface area (Å²) in [5.41, 5.74) is 5.21. The first-order chi connectivity index (χ1) is 12.1. The number of urea groups is 1. The van der Waals surface area contributed by atoms with E-state index in [0.29, 0.717) is 6.42 Å². The molecule has 6 nitrogen and oxygen atoms in total. The minimum absolute atomic E-state index is 0.0852. The number of nitrogens with one attached hydrogen (secondary N) is 2. The van der Waals surface area contributed by atoms with Gasteiger partial charge in [-0.25, -0.2) is 4.79 Å². The standard InChI is InChI=1S/C19H36N4O2/c1-2-3-9-17(22-19(20)25)18(24)21-16-10-12-23(13-11-16)14-15-7-5-4-6-8-15/h15-17H,2-14H2,1H3,(H,21,24)(H3,20,22,25). The van der Waals surface area contributed by atoms with Crippen LogP contribution in [0.2, 0.25) is 0 Å². The van der Waals surface area contributed by atoms with Crippen LogP contribution in [-0.2, 0) is 4.79 Å². The first-order valence-corrected chi connectivity index (χ1v) is 10.2. The normalized spacial score (nSPS) is 21.6. The summed E-state index contributed by atoms with van der Waals surface area (Å²) in [6, 6.07) is -0.912. The third kappa shape index (κ3) is 7.22. The van der Waals surface area contributed by atoms with Gasteiger partial charge in [-0.2, -0.15) is 0 Å². The number of nitrogens with two attached hydrogens (primary N) is 1. The maximum Gasteiger partial charge on any atom is 0.312 e. The van der Waals surface area contributed by atoms with Gasteiger partial charge < -0.3 is 21.3 Å². The average Bonchev–Trinajstić information content (AvgIpc) is 2.61. The summed E-state index contributed by atoms with van der Waals surface area (Å²) in [6.45, 7) is 5.42. The zero-order chi connectivity index (χ0) is 18.1. The fourth-order valence-corrected chi connectivity index (χ4v) is 4.15. The number of amides is 3. The van der Waals surface area contributed by atoms with Gasteiger partial charge in [0.2, 0.25) is 5.91 Å². The van der Waals surface area contributed by atoms with Crippen LogP contribution >= 0.6 is 0 Å². The lowest BCUT2D eigenvalue weighted by atomic mass is 9.88. The molecule has 1 saturated heterocycles. The van der Waals surface area contributed by atoms with E-state index in [-0.39, 0.29) is 11.9 Å². The molecule has 0 radical (unpaired) electrons. The van der Waals surface area contributed by atoms with Crippen molar-refractivity contribution in [3.8, 4) is 0 Å². The van der Waals surface area contributed by atoms with Crippen molar-refractivity contribution in [3.05, 3.63) is 0 Å². The molecule has 1 saturated carbocycles. The largest absolute Gasteiger partial charge is 0.352 e. The van der Waals surface area contributed by atoms with Gasteiger partial charge in [0.25, 0.3) is 0 Å². The minimum Gasteiger partial charge on any atom is -0.352 e. The zero-order valence-electron chi connectivity index (χ0n) is 15.8. The van der Waals surface area contributed by atoms with Crippen LogP contribution in [0.4, 0.5) is 4.79 Å². The molecule has 0 aromatic rings. The zero-order valence-corrected chi connectivity index (χ0v) is 15.8. The molecule has 1 unspecified atom stereocenters. The molecule has 0 bridgehead atoms. The van der Waals surface area contributed by atoms with Crippen LogP contribution in [0.3, 0.4) is 0 Å². The quantitative estimate of drug-likeness (QED) is 0.627. The molecular formula is C19H36N4O2. The summed E-state index contributed by atoms with van der Waals surface area (Å²) >= 11 is 0. The molecule has 2 aliphatic rings. The average molecular weight is 353 g/mol. The number of unbranched alkanes of at least 4 members (excludes halogenated alkanes) is 1. The molecule has 0 aromatic carbocycles. The number of carbonyl (C=O) groups is 2. The Morgan fingerprint density at radius 3 is 2.40 bits per heavy atom. The topological polar surface area (TPSA) is 87.5 Å². The lowest BCUT2D eigenvalue weighted by Crippen LogP contribution is -2.53. The highest BCUT2D eigenvalue weighted by Crippen LogP contribution is 2.25. The molecule has 3 amide bonds. The predicted molar refractivity (Wildman–Crippen MR) is 100 cm³/mol. The van der Waals surface area contributed by atoms with Gasteiger partial charge in [0.1, 0.15) is 6.04 Å². The van der Waals surface area contributed by atoms with Crippen molar-refractivity contribution in [1.82, 2.24) is 15.5 Å². The lowest BCUT2D eigenvalue weighted by Gasteiger charge is -2.36. The summed E-state index contributed by atoms with van der Waals surface area (Å²) in [4.78, 5) is 26.1. The van der Waals surface area contributed by atoms with Crippen molar-refractivity contribution >= 4 is 11.9 Å². The van der Waals surface area contributed by atoms with Crippen molar-refractivity contribution in [2.24, 2.45) is 11.7 Å². The van der Waals surface area contributed by atoms with Crippen LogP contribution in [0.1, 0.15) is 71.1 Å². The van der Waals surface area contributed by atoms with Crippen molar-refractivity contribution in [3.63, 3.8) is 0 Å². The number of nitrogens with zero attached hydrogens (tertiary/aromatic N) is 1. The van der Waals surface area contributed by atoms with Crippen molar-refractivity contribution in [1.29, 1.82) is 0 Å². The van der Waals surface area contributed by atoms with E-state index < -0.39 is 12.1 Å². The van der Waals surface area contributed by atoms with E-state index in [1.807, 2.05) is 0 Å². The summed E-state index contributed by atoms with van der Waals surface area (Å²) in [5, 5.41) is 5.70. The first kappa shape index (κ1) is 20.0. The number of piperidine rings is 1. The highest BCUT2D eigenvalue weighted by molar-refractivity contribution is 5.86. The van der Waals surface area contributed by atoms with E-state index in [1.165, 1.54) is 38.6 Å².